The third-order valence-electron chi connectivity index (χ3n) is 1.91. The zero-order valence-electron chi connectivity index (χ0n) is 8.06. The maximum Gasteiger partial charge on any atom is 0.396 e. The van der Waals surface area contributed by atoms with Crippen LogP contribution in [0.3, 0.4) is 0 Å². The largest absolute Gasteiger partial charge is 0.399 e. The Bertz CT molecular complexity index is 385. The van der Waals surface area contributed by atoms with Crippen LogP contribution in [0.5, 0.6) is 0 Å². The Balaban J connectivity index is 2.92. The average Bonchev–Trinajstić information content (AvgIpc) is 1.99. The van der Waals surface area contributed by atoms with Gasteiger partial charge in [0.1, 0.15) is 6.42 Å². The van der Waals surface area contributed by atoms with Gasteiger partial charge in [0.2, 0.25) is 0 Å². The summed E-state index contributed by atoms with van der Waals surface area (Å²) in [4.78, 5) is 11.2. The highest BCUT2D eigenvalue weighted by Crippen LogP contribution is 2.23. The van der Waals surface area contributed by atoms with E-state index in [4.69, 9.17) is 5.73 Å². The van der Waals surface area contributed by atoms with Gasteiger partial charge in [-0.1, -0.05) is 0 Å². The van der Waals surface area contributed by atoms with E-state index in [9.17, 15) is 18.0 Å². The standard InChI is InChI=1S/C10H10F3NO/c1-6-4-7(14)2-3-8(6)9(15)5-10(11,12)13/h2-4H,5,14H2,1H3. The molecule has 2 N–H and O–H groups in total. The maximum atomic E-state index is 12.0. The van der Waals surface area contributed by atoms with Crippen LogP contribution in [0.1, 0.15) is 22.3 Å². The first-order chi connectivity index (χ1) is 6.79. The van der Waals surface area contributed by atoms with E-state index in [2.05, 4.69) is 0 Å². The molecular weight excluding hydrogens is 207 g/mol. The molecule has 0 saturated carbocycles. The fourth-order valence-corrected chi connectivity index (χ4v) is 1.28. The van der Waals surface area contributed by atoms with Crippen LogP contribution in [0.15, 0.2) is 18.2 Å². The highest BCUT2D eigenvalue weighted by molar-refractivity contribution is 5.98. The first kappa shape index (κ1) is 11.6. The summed E-state index contributed by atoms with van der Waals surface area (Å²) in [6.07, 6.45) is -5.90. The van der Waals surface area contributed by atoms with Gasteiger partial charge in [-0.25, -0.2) is 0 Å². The summed E-state index contributed by atoms with van der Waals surface area (Å²) < 4.78 is 35.9. The molecule has 0 bridgehead atoms. The maximum absolute atomic E-state index is 12.0. The molecule has 0 aromatic heterocycles. The van der Waals surface area contributed by atoms with Crippen molar-refractivity contribution in [3.05, 3.63) is 29.3 Å². The highest BCUT2D eigenvalue weighted by Gasteiger charge is 2.31. The SMILES string of the molecule is Cc1cc(N)ccc1C(=O)CC(F)(F)F. The van der Waals surface area contributed by atoms with E-state index in [0.29, 0.717) is 11.3 Å². The van der Waals surface area contributed by atoms with Crippen molar-refractivity contribution in [2.24, 2.45) is 0 Å². The number of carbonyl (C=O) groups excluding carboxylic acids is 1. The first-order valence-electron chi connectivity index (χ1n) is 4.25. The number of Topliss-reactive ketones (excluding diaryl/α,β-unsaturated/α-hetero) is 1. The van der Waals surface area contributed by atoms with Gasteiger partial charge in [-0.3, -0.25) is 4.79 Å². The predicted octanol–water partition coefficient (Wildman–Crippen LogP) is 2.71. The molecule has 82 valence electrons. The molecule has 0 aliphatic heterocycles. The molecule has 2 nitrogen and oxygen atoms in total. The summed E-state index contributed by atoms with van der Waals surface area (Å²) >= 11 is 0. The number of anilines is 1. The third kappa shape index (κ3) is 3.27. The Morgan fingerprint density at radius 3 is 2.47 bits per heavy atom. The Kier molecular flexibility index (Phi) is 3.02. The van der Waals surface area contributed by atoms with Crippen LogP contribution in [0.25, 0.3) is 0 Å². The summed E-state index contributed by atoms with van der Waals surface area (Å²) in [5.41, 5.74) is 6.38. The quantitative estimate of drug-likeness (QED) is 0.611. The van der Waals surface area contributed by atoms with Crippen molar-refractivity contribution in [2.45, 2.75) is 19.5 Å². The lowest BCUT2D eigenvalue weighted by molar-refractivity contribution is -0.125. The summed E-state index contributed by atoms with van der Waals surface area (Å²) in [5, 5.41) is 0. The zero-order chi connectivity index (χ0) is 11.6. The highest BCUT2D eigenvalue weighted by atomic mass is 19.4. The number of ketones is 1. The van der Waals surface area contributed by atoms with Crippen molar-refractivity contribution < 1.29 is 18.0 Å². The number of carbonyl (C=O) groups is 1. The second-order valence-electron chi connectivity index (χ2n) is 3.29. The molecular formula is C10H10F3NO. The fourth-order valence-electron chi connectivity index (χ4n) is 1.28. The van der Waals surface area contributed by atoms with Crippen LogP contribution in [0.2, 0.25) is 0 Å². The number of benzene rings is 1. The van der Waals surface area contributed by atoms with E-state index in [-0.39, 0.29) is 5.56 Å². The summed E-state index contributed by atoms with van der Waals surface area (Å²) in [7, 11) is 0. The summed E-state index contributed by atoms with van der Waals surface area (Å²) in [5.74, 6) is -0.931. The molecule has 1 rings (SSSR count). The van der Waals surface area contributed by atoms with Crippen molar-refractivity contribution in [1.82, 2.24) is 0 Å². The lowest BCUT2D eigenvalue weighted by Gasteiger charge is -2.08. The van der Waals surface area contributed by atoms with Gasteiger partial charge >= 0.3 is 6.18 Å². The van der Waals surface area contributed by atoms with Crippen LogP contribution in [0.4, 0.5) is 18.9 Å². The van der Waals surface area contributed by atoms with Gasteiger partial charge in [0.25, 0.3) is 0 Å². The van der Waals surface area contributed by atoms with Gasteiger partial charge in [0.05, 0.1) is 0 Å². The molecule has 5 heteroatoms. The van der Waals surface area contributed by atoms with Crippen molar-refractivity contribution in [1.29, 1.82) is 0 Å². The Morgan fingerprint density at radius 1 is 1.40 bits per heavy atom. The zero-order valence-corrected chi connectivity index (χ0v) is 8.06. The lowest BCUT2D eigenvalue weighted by atomic mass is 10.0. The average molecular weight is 217 g/mol. The van der Waals surface area contributed by atoms with Gasteiger partial charge in [-0.15, -0.1) is 0 Å². The van der Waals surface area contributed by atoms with E-state index in [1.54, 1.807) is 6.92 Å². The van der Waals surface area contributed by atoms with E-state index in [1.165, 1.54) is 18.2 Å². The first-order valence-corrected chi connectivity index (χ1v) is 4.25. The minimum absolute atomic E-state index is 0.0709. The summed E-state index contributed by atoms with van der Waals surface area (Å²) in [6.45, 7) is 1.56. The topological polar surface area (TPSA) is 43.1 Å². The smallest absolute Gasteiger partial charge is 0.396 e. The molecule has 15 heavy (non-hydrogen) atoms. The van der Waals surface area contributed by atoms with E-state index in [1.807, 2.05) is 0 Å². The number of hydrogen-bond acceptors (Lipinski definition) is 2. The third-order valence-corrected chi connectivity index (χ3v) is 1.91. The summed E-state index contributed by atoms with van der Waals surface area (Å²) in [6, 6.07) is 4.21. The molecule has 0 spiro atoms. The minimum atomic E-state index is -4.47. The molecule has 1 aromatic rings. The predicted molar refractivity (Wildman–Crippen MR) is 50.6 cm³/mol. The molecule has 0 atom stereocenters. The van der Waals surface area contributed by atoms with Crippen LogP contribution < -0.4 is 5.73 Å². The molecule has 0 aliphatic carbocycles. The van der Waals surface area contributed by atoms with Crippen molar-refractivity contribution in [2.75, 3.05) is 5.73 Å². The molecule has 0 fully saturated rings. The lowest BCUT2D eigenvalue weighted by Crippen LogP contribution is -2.15. The molecule has 0 amide bonds. The number of nitrogens with two attached hydrogens (primary N) is 1. The van der Waals surface area contributed by atoms with Gasteiger partial charge < -0.3 is 5.73 Å². The van der Waals surface area contributed by atoms with Crippen LogP contribution in [-0.2, 0) is 0 Å². The van der Waals surface area contributed by atoms with Crippen LogP contribution >= 0.6 is 0 Å². The number of hydrogen-bond donors (Lipinski definition) is 1. The van der Waals surface area contributed by atoms with Gasteiger partial charge in [0.15, 0.2) is 5.78 Å². The normalized spacial score (nSPS) is 11.5. The van der Waals surface area contributed by atoms with Crippen LogP contribution in [0, 0.1) is 6.92 Å². The van der Waals surface area contributed by atoms with Crippen molar-refractivity contribution >= 4 is 11.5 Å². The molecule has 0 aliphatic rings. The Hall–Kier alpha value is -1.52. The van der Waals surface area contributed by atoms with Gasteiger partial charge in [-0.05, 0) is 30.7 Å². The van der Waals surface area contributed by atoms with Crippen molar-refractivity contribution in [3.63, 3.8) is 0 Å². The minimum Gasteiger partial charge on any atom is -0.399 e. The fraction of sp³-hybridized carbons (Fsp3) is 0.300. The monoisotopic (exact) mass is 217 g/mol. The second kappa shape index (κ2) is 3.92. The van der Waals surface area contributed by atoms with E-state index < -0.39 is 18.4 Å². The Morgan fingerprint density at radius 2 is 2.00 bits per heavy atom. The molecule has 0 unspecified atom stereocenters. The van der Waals surface area contributed by atoms with Crippen LogP contribution in [-0.4, -0.2) is 12.0 Å². The van der Waals surface area contributed by atoms with Crippen molar-refractivity contribution in [3.8, 4) is 0 Å². The number of rotatable bonds is 2. The molecule has 1 aromatic carbocycles. The number of aryl methyl sites for hydroxylation is 1. The number of halogens is 3. The van der Waals surface area contributed by atoms with Gasteiger partial charge in [-0.2, -0.15) is 13.2 Å². The second-order valence-corrected chi connectivity index (χ2v) is 3.29. The molecule has 0 heterocycles. The Labute approximate surface area is 84.9 Å². The number of alkyl halides is 3. The van der Waals surface area contributed by atoms with Gasteiger partial charge in [0, 0.05) is 11.3 Å². The van der Waals surface area contributed by atoms with E-state index >= 15 is 0 Å². The van der Waals surface area contributed by atoms with E-state index in [0.717, 1.165) is 0 Å². The molecule has 0 radical (unpaired) electrons. The molecule has 0 saturated heterocycles. The number of nitrogen functional groups attached to an aromatic ring is 1.